The van der Waals surface area contributed by atoms with Crippen LogP contribution in [0.2, 0.25) is 5.02 Å². The van der Waals surface area contributed by atoms with Crippen LogP contribution in [-0.2, 0) is 24.3 Å². The topological polar surface area (TPSA) is 86.5 Å². The van der Waals surface area contributed by atoms with Crippen molar-refractivity contribution >= 4 is 28.6 Å². The molecule has 1 atom stereocenters. The first-order valence-corrected chi connectivity index (χ1v) is 13.4. The Bertz CT molecular complexity index is 1770. The van der Waals surface area contributed by atoms with Crippen molar-refractivity contribution in [2.75, 3.05) is 6.61 Å². The molecule has 0 saturated carbocycles. The zero-order chi connectivity index (χ0) is 28.5. The van der Waals surface area contributed by atoms with Gasteiger partial charge in [-0.2, -0.15) is 0 Å². The Morgan fingerprint density at radius 1 is 1.05 bits per heavy atom. The lowest BCUT2D eigenvalue weighted by atomic mass is 10.1. The second kappa shape index (κ2) is 11.3. The summed E-state index contributed by atoms with van der Waals surface area (Å²) in [5.74, 6) is -1.04. The van der Waals surface area contributed by atoms with Gasteiger partial charge < -0.3 is 19.1 Å². The van der Waals surface area contributed by atoms with Gasteiger partial charge in [0.15, 0.2) is 0 Å². The van der Waals surface area contributed by atoms with E-state index in [9.17, 15) is 14.3 Å². The standard InChI is InChI=1S/C31H24ClF2N3O4/c32-21-7-5-20(24(33)15-21)17-41-30-3-1-2-26(36-30)23-8-4-18(12-25(23)34)13-29-35-27-9-6-19(31(38)39)14-28(27)37(29)16-22-10-11-40-22/h1-9,12,14-15,22H,10-11,13,16-17H2,(H,38,39)/t22-/m0/s1. The summed E-state index contributed by atoms with van der Waals surface area (Å²) in [6, 6.07) is 19.0. The summed E-state index contributed by atoms with van der Waals surface area (Å²) in [5, 5.41) is 9.75. The quantitative estimate of drug-likeness (QED) is 0.211. The predicted molar refractivity (Wildman–Crippen MR) is 149 cm³/mol. The monoisotopic (exact) mass is 575 g/mol. The number of carboxylic acids is 1. The average Bonchev–Trinajstić information content (AvgIpc) is 3.26. The maximum absolute atomic E-state index is 15.4. The van der Waals surface area contributed by atoms with Crippen molar-refractivity contribution in [1.29, 1.82) is 0 Å². The van der Waals surface area contributed by atoms with Crippen LogP contribution in [0.5, 0.6) is 5.88 Å². The SMILES string of the molecule is O=C(O)c1ccc2nc(Cc3ccc(-c4cccc(OCc5ccc(Cl)cc5F)n4)c(F)c3)n(C[C@@H]3CCO3)c2c1. The van der Waals surface area contributed by atoms with Crippen LogP contribution in [0.1, 0.15) is 33.7 Å². The Morgan fingerprint density at radius 2 is 1.90 bits per heavy atom. The Kier molecular flexibility index (Phi) is 7.38. The molecule has 0 radical (unpaired) electrons. The number of carbonyl (C=O) groups is 1. The summed E-state index contributed by atoms with van der Waals surface area (Å²) in [7, 11) is 0. The minimum Gasteiger partial charge on any atom is -0.478 e. The number of pyridine rings is 1. The molecule has 41 heavy (non-hydrogen) atoms. The second-order valence-corrected chi connectivity index (χ2v) is 10.2. The first-order valence-electron chi connectivity index (χ1n) is 13.0. The Hall–Kier alpha value is -4.34. The fourth-order valence-corrected chi connectivity index (χ4v) is 4.93. The third kappa shape index (κ3) is 5.77. The van der Waals surface area contributed by atoms with Crippen molar-refractivity contribution in [3.63, 3.8) is 0 Å². The first kappa shape index (κ1) is 26.9. The highest BCUT2D eigenvalue weighted by atomic mass is 35.5. The summed E-state index contributed by atoms with van der Waals surface area (Å²) < 4.78 is 42.7. The van der Waals surface area contributed by atoms with Crippen LogP contribution in [0, 0.1) is 11.6 Å². The molecule has 0 unspecified atom stereocenters. The molecular formula is C31H24ClF2N3O4. The van der Waals surface area contributed by atoms with Gasteiger partial charge >= 0.3 is 5.97 Å². The maximum atomic E-state index is 15.4. The maximum Gasteiger partial charge on any atom is 0.335 e. The first-order chi connectivity index (χ1) is 19.8. The number of rotatable bonds is 9. The number of fused-ring (bicyclic) bond motifs is 1. The van der Waals surface area contributed by atoms with Crippen molar-refractivity contribution < 1.29 is 28.2 Å². The minimum atomic E-state index is -1.01. The Morgan fingerprint density at radius 3 is 2.63 bits per heavy atom. The van der Waals surface area contributed by atoms with Gasteiger partial charge in [0.25, 0.3) is 0 Å². The fourth-order valence-electron chi connectivity index (χ4n) is 4.77. The van der Waals surface area contributed by atoms with Gasteiger partial charge in [-0.15, -0.1) is 0 Å². The number of hydrogen-bond acceptors (Lipinski definition) is 5. The van der Waals surface area contributed by atoms with Crippen LogP contribution in [0.15, 0.2) is 72.8 Å². The lowest BCUT2D eigenvalue weighted by molar-refractivity contribution is -0.0589. The number of aromatic nitrogens is 3. The summed E-state index contributed by atoms with van der Waals surface area (Å²) >= 11 is 5.81. The molecule has 1 N–H and O–H groups in total. The van der Waals surface area contributed by atoms with Crippen molar-refractivity contribution in [3.05, 3.63) is 112 Å². The van der Waals surface area contributed by atoms with Crippen molar-refractivity contribution in [3.8, 4) is 17.1 Å². The van der Waals surface area contributed by atoms with Crippen LogP contribution >= 0.6 is 11.6 Å². The highest BCUT2D eigenvalue weighted by molar-refractivity contribution is 6.30. The van der Waals surface area contributed by atoms with E-state index in [1.165, 1.54) is 18.2 Å². The van der Waals surface area contributed by atoms with E-state index in [1.807, 2.05) is 10.6 Å². The highest BCUT2D eigenvalue weighted by Gasteiger charge is 2.23. The second-order valence-electron chi connectivity index (χ2n) is 9.81. The third-order valence-corrected chi connectivity index (χ3v) is 7.27. The van der Waals surface area contributed by atoms with E-state index < -0.39 is 17.6 Å². The summed E-state index contributed by atoms with van der Waals surface area (Å²) in [5.41, 5.74) is 3.23. The molecule has 3 aromatic carbocycles. The number of imidazole rings is 1. The zero-order valence-electron chi connectivity index (χ0n) is 21.7. The van der Waals surface area contributed by atoms with Crippen LogP contribution in [-0.4, -0.2) is 38.3 Å². The van der Waals surface area contributed by atoms with Gasteiger partial charge in [0, 0.05) is 35.2 Å². The van der Waals surface area contributed by atoms with Gasteiger partial charge in [0.1, 0.15) is 24.1 Å². The molecule has 1 aliphatic heterocycles. The molecule has 3 heterocycles. The molecule has 6 rings (SSSR count). The third-order valence-electron chi connectivity index (χ3n) is 7.04. The van der Waals surface area contributed by atoms with Gasteiger partial charge in [-0.1, -0.05) is 29.8 Å². The number of benzene rings is 3. The smallest absolute Gasteiger partial charge is 0.335 e. The lowest BCUT2D eigenvalue weighted by Gasteiger charge is -2.27. The van der Waals surface area contributed by atoms with Gasteiger partial charge in [0.2, 0.25) is 5.88 Å². The number of carboxylic acid groups (broad SMARTS) is 1. The summed E-state index contributed by atoms with van der Waals surface area (Å²) in [4.78, 5) is 20.7. The fraction of sp³-hybridized carbons (Fsp3) is 0.194. The van der Waals surface area contributed by atoms with Crippen LogP contribution in [0.3, 0.4) is 0 Å². The van der Waals surface area contributed by atoms with Crippen LogP contribution < -0.4 is 4.74 Å². The van der Waals surface area contributed by atoms with Gasteiger partial charge in [-0.3, -0.25) is 0 Å². The number of hydrogen-bond donors (Lipinski definition) is 1. The number of ether oxygens (including phenoxy) is 2. The highest BCUT2D eigenvalue weighted by Crippen LogP contribution is 2.27. The lowest BCUT2D eigenvalue weighted by Crippen LogP contribution is -2.31. The molecule has 0 amide bonds. The number of nitrogens with zero attached hydrogens (tertiary/aromatic N) is 3. The molecule has 0 aliphatic carbocycles. The molecule has 0 bridgehead atoms. The largest absolute Gasteiger partial charge is 0.478 e. The van der Waals surface area contributed by atoms with Gasteiger partial charge in [-0.05, 0) is 60.5 Å². The molecular weight excluding hydrogens is 552 g/mol. The van der Waals surface area contributed by atoms with E-state index in [1.54, 1.807) is 48.5 Å². The van der Waals surface area contributed by atoms with E-state index in [-0.39, 0.29) is 24.2 Å². The molecule has 1 aliphatic rings. The summed E-state index contributed by atoms with van der Waals surface area (Å²) in [6.07, 6.45) is 1.27. The van der Waals surface area contributed by atoms with Crippen molar-refractivity contribution in [1.82, 2.24) is 14.5 Å². The minimum absolute atomic E-state index is 0.0236. The molecule has 2 aromatic heterocycles. The molecule has 10 heteroatoms. The number of aromatic carboxylic acids is 1. The summed E-state index contributed by atoms with van der Waals surface area (Å²) in [6.45, 7) is 1.17. The number of halogens is 3. The van der Waals surface area contributed by atoms with E-state index in [4.69, 9.17) is 26.1 Å². The normalized spacial score (nSPS) is 14.7. The Labute approximate surface area is 239 Å². The molecule has 0 spiro atoms. The average molecular weight is 576 g/mol. The van der Waals surface area contributed by atoms with Gasteiger partial charge in [-0.25, -0.2) is 23.5 Å². The van der Waals surface area contributed by atoms with Gasteiger partial charge in [0.05, 0.1) is 34.9 Å². The predicted octanol–water partition coefficient (Wildman–Crippen LogP) is 6.69. The van der Waals surface area contributed by atoms with E-state index >= 15 is 4.39 Å². The Balaban J connectivity index is 1.23. The van der Waals surface area contributed by atoms with Crippen molar-refractivity contribution in [2.24, 2.45) is 0 Å². The van der Waals surface area contributed by atoms with Crippen LogP contribution in [0.25, 0.3) is 22.3 Å². The van der Waals surface area contributed by atoms with E-state index in [0.29, 0.717) is 63.8 Å². The molecule has 208 valence electrons. The van der Waals surface area contributed by atoms with Crippen LogP contribution in [0.4, 0.5) is 8.78 Å². The molecule has 5 aromatic rings. The molecule has 7 nitrogen and oxygen atoms in total. The van der Waals surface area contributed by atoms with E-state index in [2.05, 4.69) is 4.98 Å². The molecule has 1 saturated heterocycles. The van der Waals surface area contributed by atoms with E-state index in [0.717, 1.165) is 6.42 Å². The zero-order valence-corrected chi connectivity index (χ0v) is 22.4. The van der Waals surface area contributed by atoms with Crippen molar-refractivity contribution in [2.45, 2.75) is 32.1 Å². The molecule has 1 fully saturated rings.